The van der Waals surface area contributed by atoms with E-state index in [-0.39, 0.29) is 0 Å². The van der Waals surface area contributed by atoms with Gasteiger partial charge in [0.1, 0.15) is 5.75 Å². The van der Waals surface area contributed by atoms with Gasteiger partial charge in [0.2, 0.25) is 0 Å². The van der Waals surface area contributed by atoms with Gasteiger partial charge in [-0.2, -0.15) is 0 Å². The Balaban J connectivity index is 0.000000898. The zero-order valence-corrected chi connectivity index (χ0v) is 27.3. The van der Waals surface area contributed by atoms with E-state index in [9.17, 15) is 5.11 Å². The Morgan fingerprint density at radius 1 is 0.367 bits per heavy atom. The summed E-state index contributed by atoms with van der Waals surface area (Å²) in [6, 6.07) is 61.5. The Kier molecular flexibility index (Phi) is 9.10. The van der Waals surface area contributed by atoms with Crippen LogP contribution in [-0.2, 0) is 4.57 Å². The van der Waals surface area contributed by atoms with Crippen molar-refractivity contribution in [3.8, 4) is 61.4 Å². The van der Waals surface area contributed by atoms with E-state index >= 15 is 0 Å². The lowest BCUT2D eigenvalue weighted by molar-refractivity contribution is 0.405. The Bertz CT molecular complexity index is 2400. The molecule has 0 unspecified atom stereocenters. The van der Waals surface area contributed by atoms with Gasteiger partial charge in [0.05, 0.1) is 0 Å². The van der Waals surface area contributed by atoms with Crippen molar-refractivity contribution in [2.45, 2.75) is 0 Å². The third kappa shape index (κ3) is 6.76. The molecule has 0 saturated heterocycles. The van der Waals surface area contributed by atoms with E-state index in [1.165, 1.54) is 16.7 Å². The van der Waals surface area contributed by atoms with Crippen LogP contribution in [0, 0.1) is 0 Å². The first kappa shape index (κ1) is 31.7. The van der Waals surface area contributed by atoms with Gasteiger partial charge in [0, 0.05) is 15.7 Å². The predicted molar refractivity (Wildman–Crippen MR) is 202 cm³/mol. The smallest absolute Gasteiger partial charge is 0.507 e. The fraction of sp³-hybridized carbons (Fsp3) is 0. The lowest BCUT2D eigenvalue weighted by Crippen LogP contribution is -1.91. The van der Waals surface area contributed by atoms with Crippen molar-refractivity contribution < 1.29 is 19.5 Å². The number of phenols is 1. The summed E-state index contributed by atoms with van der Waals surface area (Å²) in [5.41, 5.74) is 10.7. The molecular weight excluding hydrogens is 623 g/mol. The second-order valence-corrected chi connectivity index (χ2v) is 12.3. The number of hydrogen-bond acceptors (Lipinski definition) is 2. The summed E-state index contributed by atoms with van der Waals surface area (Å²) >= 11 is 0. The highest BCUT2D eigenvalue weighted by atomic mass is 31.1. The Morgan fingerprint density at radius 2 is 0.755 bits per heavy atom. The molecule has 0 heterocycles. The van der Waals surface area contributed by atoms with Gasteiger partial charge in [-0.1, -0.05) is 158 Å². The summed E-state index contributed by atoms with van der Waals surface area (Å²) in [6.45, 7) is 0. The summed E-state index contributed by atoms with van der Waals surface area (Å²) in [6.07, 6.45) is 0. The number of phenolic OH excluding ortho intramolecular Hbond substituents is 1. The maximum atomic E-state index is 12.2. The van der Waals surface area contributed by atoms with Gasteiger partial charge in [0.15, 0.2) is 0 Å². The van der Waals surface area contributed by atoms with Gasteiger partial charge in [-0.05, 0) is 84.3 Å². The summed E-state index contributed by atoms with van der Waals surface area (Å²) in [4.78, 5) is 14.2. The van der Waals surface area contributed by atoms with Crippen molar-refractivity contribution in [2.75, 3.05) is 0 Å². The van der Waals surface area contributed by atoms with Crippen LogP contribution in [0.3, 0.4) is 0 Å². The Labute approximate surface area is 285 Å². The lowest BCUT2D eigenvalue weighted by Gasteiger charge is -2.18. The molecular formula is C44H32O4P+. The average Bonchev–Trinajstić information content (AvgIpc) is 3.15. The molecule has 8 aromatic carbocycles. The first-order chi connectivity index (χ1) is 24.0. The van der Waals surface area contributed by atoms with E-state index < -0.39 is 8.25 Å². The van der Waals surface area contributed by atoms with Crippen molar-refractivity contribution in [2.24, 2.45) is 0 Å². The highest BCUT2D eigenvalue weighted by Crippen LogP contribution is 2.47. The predicted octanol–water partition coefficient (Wildman–Crippen LogP) is 11.7. The Morgan fingerprint density at radius 3 is 1.29 bits per heavy atom. The van der Waals surface area contributed by atoms with Gasteiger partial charge in [-0.15, -0.1) is 9.79 Å². The molecule has 0 aliphatic heterocycles. The fourth-order valence-electron chi connectivity index (χ4n) is 6.47. The van der Waals surface area contributed by atoms with Crippen LogP contribution in [-0.4, -0.2) is 14.9 Å². The molecule has 8 rings (SSSR count). The summed E-state index contributed by atoms with van der Waals surface area (Å²) in [5, 5.41) is 16.5. The molecule has 0 amide bonds. The molecule has 0 aliphatic rings. The third-order valence-electron chi connectivity index (χ3n) is 8.78. The largest absolute Gasteiger partial charge is 0.692 e. The van der Waals surface area contributed by atoms with Gasteiger partial charge < -0.3 is 5.11 Å². The molecule has 4 nitrogen and oxygen atoms in total. The molecule has 0 bridgehead atoms. The molecule has 3 N–H and O–H groups in total. The third-order valence-corrected chi connectivity index (χ3v) is 8.78. The van der Waals surface area contributed by atoms with Crippen LogP contribution in [0.15, 0.2) is 176 Å². The van der Waals surface area contributed by atoms with Gasteiger partial charge in [-0.3, -0.25) is 0 Å². The van der Waals surface area contributed by atoms with E-state index in [0.717, 1.165) is 60.5 Å². The van der Waals surface area contributed by atoms with Crippen LogP contribution in [0.4, 0.5) is 0 Å². The Hall–Kier alpha value is -5.90. The molecule has 0 atom stereocenters. The van der Waals surface area contributed by atoms with Crippen LogP contribution >= 0.6 is 8.25 Å². The molecule has 0 aromatic heterocycles. The monoisotopic (exact) mass is 655 g/mol. The van der Waals surface area contributed by atoms with Crippen molar-refractivity contribution in [1.82, 2.24) is 0 Å². The maximum absolute atomic E-state index is 12.2. The lowest BCUT2D eigenvalue weighted by atomic mass is 9.87. The van der Waals surface area contributed by atoms with Gasteiger partial charge in [0.25, 0.3) is 0 Å². The molecule has 0 radical (unpaired) electrons. The van der Waals surface area contributed by atoms with E-state index in [0.29, 0.717) is 5.75 Å². The van der Waals surface area contributed by atoms with Crippen LogP contribution in [0.1, 0.15) is 0 Å². The highest BCUT2D eigenvalue weighted by Gasteiger charge is 2.19. The molecule has 5 heteroatoms. The van der Waals surface area contributed by atoms with E-state index in [4.69, 9.17) is 14.4 Å². The second-order valence-electron chi connectivity index (χ2n) is 11.8. The van der Waals surface area contributed by atoms with Crippen LogP contribution in [0.25, 0.3) is 77.2 Å². The fourth-order valence-corrected chi connectivity index (χ4v) is 6.47. The number of fused-ring (bicyclic) bond motifs is 2. The zero-order chi connectivity index (χ0) is 33.7. The summed E-state index contributed by atoms with van der Waals surface area (Å²) < 4.78 is 8.70. The first-order valence-corrected chi connectivity index (χ1v) is 17.1. The van der Waals surface area contributed by atoms with Crippen molar-refractivity contribution >= 4 is 29.8 Å². The summed E-state index contributed by atoms with van der Waals surface area (Å²) in [7, 11) is -2.87. The van der Waals surface area contributed by atoms with Crippen LogP contribution < -0.4 is 0 Å². The molecule has 236 valence electrons. The molecule has 0 spiro atoms. The number of hydrogen-bond donors (Lipinski definition) is 3. The van der Waals surface area contributed by atoms with Gasteiger partial charge in [-0.25, -0.2) is 0 Å². The van der Waals surface area contributed by atoms with Crippen LogP contribution in [0.5, 0.6) is 5.75 Å². The van der Waals surface area contributed by atoms with Crippen molar-refractivity contribution in [1.29, 1.82) is 0 Å². The average molecular weight is 656 g/mol. The van der Waals surface area contributed by atoms with E-state index in [1.54, 1.807) is 0 Å². The normalized spacial score (nSPS) is 10.8. The van der Waals surface area contributed by atoms with E-state index in [1.807, 2.05) is 18.2 Å². The van der Waals surface area contributed by atoms with Gasteiger partial charge >= 0.3 is 8.25 Å². The molecule has 0 aliphatic carbocycles. The summed E-state index contributed by atoms with van der Waals surface area (Å²) in [5.74, 6) is 0.294. The first-order valence-electron chi connectivity index (χ1n) is 15.9. The topological polar surface area (TPSA) is 77.8 Å². The maximum Gasteiger partial charge on any atom is 0.692 e. The number of benzene rings is 8. The van der Waals surface area contributed by atoms with E-state index in [2.05, 4.69) is 158 Å². The minimum atomic E-state index is -2.87. The minimum absolute atomic E-state index is 0.294. The molecule has 49 heavy (non-hydrogen) atoms. The zero-order valence-electron chi connectivity index (χ0n) is 26.4. The number of aromatic hydroxyl groups is 1. The second kappa shape index (κ2) is 14.1. The highest BCUT2D eigenvalue weighted by molar-refractivity contribution is 7.30. The molecule has 8 aromatic rings. The molecule has 0 saturated carbocycles. The molecule has 0 fully saturated rings. The van der Waals surface area contributed by atoms with Crippen molar-refractivity contribution in [3.63, 3.8) is 0 Å². The standard InChI is InChI=1S/C44H30O.HO3P/c45-44-41(35-25-23-33(24-26-35)31-13-5-2-6-14-31)28-37-16-8-10-18-40(37)43(44)42-29-38(27-36-15-7-9-17-39(36)42)34-21-19-32(20-22-34)30-11-3-1-4-12-30;1-4(2)3/h1-29,45H;(H-,1,2,3)/p+1. The quantitative estimate of drug-likeness (QED) is 0.161. The minimum Gasteiger partial charge on any atom is -0.507 e. The van der Waals surface area contributed by atoms with Crippen molar-refractivity contribution in [3.05, 3.63) is 176 Å². The SMILES string of the molecule is O=[P+](O)O.Oc1c(-c2ccc(-c3ccccc3)cc2)cc2ccccc2c1-c1cc(-c2ccc(-c3ccccc3)cc2)cc2ccccc12. The number of rotatable bonds is 5. The van der Waals surface area contributed by atoms with Crippen LogP contribution in [0.2, 0.25) is 0 Å².